The van der Waals surface area contributed by atoms with Crippen LogP contribution in [0.5, 0.6) is 0 Å². The molecule has 0 aromatic carbocycles. The van der Waals surface area contributed by atoms with Crippen molar-refractivity contribution in [3.05, 3.63) is 17.0 Å². The molecule has 0 amide bonds. The zero-order valence-corrected chi connectivity index (χ0v) is 12.0. The first kappa shape index (κ1) is 13.6. The van der Waals surface area contributed by atoms with Crippen molar-refractivity contribution in [3.63, 3.8) is 0 Å². The lowest BCUT2D eigenvalue weighted by Crippen LogP contribution is -2.21. The van der Waals surface area contributed by atoms with Crippen LogP contribution in [-0.4, -0.2) is 29.5 Å². The van der Waals surface area contributed by atoms with Gasteiger partial charge in [-0.3, -0.25) is 4.68 Å². The lowest BCUT2D eigenvalue weighted by molar-refractivity contribution is 0.184. The molecule has 1 aliphatic rings. The van der Waals surface area contributed by atoms with Crippen LogP contribution in [0.25, 0.3) is 0 Å². The molecular weight excluding hydrogens is 226 g/mol. The van der Waals surface area contributed by atoms with Crippen molar-refractivity contribution in [1.29, 1.82) is 0 Å². The average Bonchev–Trinajstić information content (AvgIpc) is 2.96. The van der Waals surface area contributed by atoms with Crippen molar-refractivity contribution in [2.45, 2.75) is 52.6 Å². The van der Waals surface area contributed by atoms with Gasteiger partial charge in [-0.15, -0.1) is 0 Å². The number of hydrogen-bond donors (Lipinski definition) is 1. The molecule has 2 heterocycles. The third-order valence-electron chi connectivity index (χ3n) is 3.84. The maximum Gasteiger partial charge on any atom is 0.0777 e. The van der Waals surface area contributed by atoms with Gasteiger partial charge in [0.2, 0.25) is 0 Å². The fourth-order valence-electron chi connectivity index (χ4n) is 2.95. The zero-order valence-electron chi connectivity index (χ0n) is 12.0. The topological polar surface area (TPSA) is 39.1 Å². The van der Waals surface area contributed by atoms with Gasteiger partial charge >= 0.3 is 0 Å². The molecule has 4 nitrogen and oxygen atoms in total. The van der Waals surface area contributed by atoms with Gasteiger partial charge in [0.25, 0.3) is 0 Å². The molecule has 1 aromatic heterocycles. The highest BCUT2D eigenvalue weighted by Gasteiger charge is 2.25. The molecule has 1 N–H and O–H groups in total. The molecule has 0 saturated carbocycles. The minimum Gasteiger partial charge on any atom is -0.379 e. The highest BCUT2D eigenvalue weighted by Crippen LogP contribution is 2.28. The Morgan fingerprint density at radius 3 is 2.78 bits per heavy atom. The Morgan fingerprint density at radius 2 is 2.22 bits per heavy atom. The van der Waals surface area contributed by atoms with Crippen LogP contribution in [0.15, 0.2) is 0 Å². The zero-order chi connectivity index (χ0) is 13.1. The first-order chi connectivity index (χ1) is 8.69. The summed E-state index contributed by atoms with van der Waals surface area (Å²) < 4.78 is 7.65. The summed E-state index contributed by atoms with van der Waals surface area (Å²) in [5.74, 6) is 0. The summed E-state index contributed by atoms with van der Waals surface area (Å²) in [7, 11) is 0. The van der Waals surface area contributed by atoms with Crippen LogP contribution in [0.1, 0.15) is 55.7 Å². The van der Waals surface area contributed by atoms with Crippen molar-refractivity contribution in [2.75, 3.05) is 19.8 Å². The monoisotopic (exact) mass is 251 g/mol. The summed E-state index contributed by atoms with van der Waals surface area (Å²) >= 11 is 0. The van der Waals surface area contributed by atoms with Crippen LogP contribution in [0, 0.1) is 13.8 Å². The van der Waals surface area contributed by atoms with Crippen LogP contribution in [0.3, 0.4) is 0 Å². The van der Waals surface area contributed by atoms with Gasteiger partial charge in [-0.05, 0) is 33.2 Å². The van der Waals surface area contributed by atoms with Crippen molar-refractivity contribution in [2.24, 2.45) is 0 Å². The van der Waals surface area contributed by atoms with E-state index in [0.717, 1.165) is 38.3 Å². The number of nitrogens with zero attached hydrogens (tertiary/aromatic N) is 2. The van der Waals surface area contributed by atoms with Crippen LogP contribution < -0.4 is 5.32 Å². The number of aryl methyl sites for hydroxylation is 1. The SMILES string of the molecule is CCNC(CC)c1c(C)nn(C2CCOC2)c1C. The van der Waals surface area contributed by atoms with Crippen molar-refractivity contribution < 1.29 is 4.74 Å². The molecule has 4 heteroatoms. The van der Waals surface area contributed by atoms with E-state index in [4.69, 9.17) is 9.84 Å². The van der Waals surface area contributed by atoms with Crippen molar-refractivity contribution in [3.8, 4) is 0 Å². The van der Waals surface area contributed by atoms with Crippen LogP contribution in [-0.2, 0) is 4.74 Å². The molecule has 0 radical (unpaired) electrons. The molecule has 0 bridgehead atoms. The first-order valence-electron chi connectivity index (χ1n) is 7.05. The van der Waals surface area contributed by atoms with Gasteiger partial charge < -0.3 is 10.1 Å². The quantitative estimate of drug-likeness (QED) is 0.874. The van der Waals surface area contributed by atoms with Gasteiger partial charge in [0.15, 0.2) is 0 Å². The fourth-order valence-corrected chi connectivity index (χ4v) is 2.95. The van der Waals surface area contributed by atoms with Crippen LogP contribution in [0.2, 0.25) is 0 Å². The maximum absolute atomic E-state index is 5.47. The molecule has 2 rings (SSSR count). The van der Waals surface area contributed by atoms with Gasteiger partial charge in [0, 0.05) is 23.9 Å². The summed E-state index contributed by atoms with van der Waals surface area (Å²) in [5.41, 5.74) is 3.84. The standard InChI is InChI=1S/C14H25N3O/c1-5-13(15-6-2)14-10(3)16-17(11(14)4)12-7-8-18-9-12/h12-13,15H,5-9H2,1-4H3. The maximum atomic E-state index is 5.47. The predicted octanol–water partition coefficient (Wildman–Crippen LogP) is 2.52. The van der Waals surface area contributed by atoms with E-state index in [9.17, 15) is 0 Å². The summed E-state index contributed by atoms with van der Waals surface area (Å²) in [6.07, 6.45) is 2.18. The third-order valence-corrected chi connectivity index (χ3v) is 3.84. The minimum absolute atomic E-state index is 0.422. The van der Waals surface area contributed by atoms with E-state index in [0.29, 0.717) is 12.1 Å². The Kier molecular flexibility index (Phi) is 4.40. The Balaban J connectivity index is 2.30. The third kappa shape index (κ3) is 2.45. The van der Waals surface area contributed by atoms with E-state index in [-0.39, 0.29) is 0 Å². The van der Waals surface area contributed by atoms with Gasteiger partial charge in [-0.2, -0.15) is 5.10 Å². The number of rotatable bonds is 5. The molecule has 0 aliphatic carbocycles. The highest BCUT2D eigenvalue weighted by atomic mass is 16.5. The predicted molar refractivity (Wildman–Crippen MR) is 72.9 cm³/mol. The van der Waals surface area contributed by atoms with Gasteiger partial charge in [-0.1, -0.05) is 13.8 Å². The second kappa shape index (κ2) is 5.85. The fraction of sp³-hybridized carbons (Fsp3) is 0.786. The summed E-state index contributed by atoms with van der Waals surface area (Å²) in [5, 5.41) is 8.29. The number of aromatic nitrogens is 2. The first-order valence-corrected chi connectivity index (χ1v) is 7.05. The number of ether oxygens (including phenoxy) is 1. The molecule has 1 fully saturated rings. The molecule has 2 unspecified atom stereocenters. The second-order valence-corrected chi connectivity index (χ2v) is 5.06. The molecule has 1 aromatic rings. The minimum atomic E-state index is 0.422. The molecular formula is C14H25N3O. The van der Waals surface area contributed by atoms with Gasteiger partial charge in [-0.25, -0.2) is 0 Å². The van der Waals surface area contributed by atoms with Gasteiger partial charge in [0.1, 0.15) is 0 Å². The van der Waals surface area contributed by atoms with E-state index in [2.05, 4.69) is 37.7 Å². The van der Waals surface area contributed by atoms with E-state index in [1.54, 1.807) is 0 Å². The van der Waals surface area contributed by atoms with Crippen LogP contribution in [0.4, 0.5) is 0 Å². The summed E-state index contributed by atoms with van der Waals surface area (Å²) in [4.78, 5) is 0. The Labute approximate surface area is 110 Å². The van der Waals surface area contributed by atoms with Crippen molar-refractivity contribution in [1.82, 2.24) is 15.1 Å². The largest absolute Gasteiger partial charge is 0.379 e. The van der Waals surface area contributed by atoms with Crippen molar-refractivity contribution >= 4 is 0 Å². The second-order valence-electron chi connectivity index (χ2n) is 5.06. The van der Waals surface area contributed by atoms with E-state index < -0.39 is 0 Å². The lowest BCUT2D eigenvalue weighted by Gasteiger charge is -2.17. The molecule has 18 heavy (non-hydrogen) atoms. The highest BCUT2D eigenvalue weighted by molar-refractivity contribution is 5.28. The normalized spacial score (nSPS) is 21.4. The molecule has 1 saturated heterocycles. The van der Waals surface area contributed by atoms with Gasteiger partial charge in [0.05, 0.1) is 18.3 Å². The molecule has 0 spiro atoms. The number of nitrogens with one attached hydrogen (secondary N) is 1. The van der Waals surface area contributed by atoms with E-state index >= 15 is 0 Å². The molecule has 102 valence electrons. The molecule has 2 atom stereocenters. The van der Waals surface area contributed by atoms with E-state index in [1.807, 2.05) is 0 Å². The van der Waals surface area contributed by atoms with E-state index in [1.165, 1.54) is 11.3 Å². The Bertz CT molecular complexity index is 394. The lowest BCUT2D eigenvalue weighted by atomic mass is 10.0. The summed E-state index contributed by atoms with van der Waals surface area (Å²) in [6.45, 7) is 11.4. The van der Waals surface area contributed by atoms with Crippen LogP contribution >= 0.6 is 0 Å². The average molecular weight is 251 g/mol. The molecule has 1 aliphatic heterocycles. The smallest absolute Gasteiger partial charge is 0.0777 e. The number of hydrogen-bond acceptors (Lipinski definition) is 3. The Morgan fingerprint density at radius 1 is 1.44 bits per heavy atom. The summed E-state index contributed by atoms with van der Waals surface area (Å²) in [6, 6.07) is 0.850. The Hall–Kier alpha value is -0.870.